The van der Waals surface area contributed by atoms with Gasteiger partial charge in [-0.05, 0) is 48.6 Å². The molecule has 0 unspecified atom stereocenters. The molecular formula is C23H22N2O2S. The van der Waals surface area contributed by atoms with Gasteiger partial charge in [-0.15, -0.1) is 11.8 Å². The van der Waals surface area contributed by atoms with Gasteiger partial charge in [0.1, 0.15) is 0 Å². The summed E-state index contributed by atoms with van der Waals surface area (Å²) in [5.74, 6) is 0.993. The zero-order valence-corrected chi connectivity index (χ0v) is 16.8. The van der Waals surface area contributed by atoms with Crippen LogP contribution in [0.5, 0.6) is 0 Å². The van der Waals surface area contributed by atoms with Gasteiger partial charge in [-0.25, -0.2) is 0 Å². The fourth-order valence-corrected chi connectivity index (χ4v) is 4.38. The monoisotopic (exact) mass is 390 g/mol. The third kappa shape index (κ3) is 3.27. The molecule has 0 radical (unpaired) electrons. The Hall–Kier alpha value is -2.79. The van der Waals surface area contributed by atoms with E-state index in [-0.39, 0.29) is 11.8 Å². The van der Waals surface area contributed by atoms with E-state index in [0.29, 0.717) is 18.5 Å². The molecule has 0 spiro atoms. The molecule has 0 saturated heterocycles. The molecule has 0 fully saturated rings. The molecule has 28 heavy (non-hydrogen) atoms. The van der Waals surface area contributed by atoms with E-state index in [0.717, 1.165) is 33.5 Å². The van der Waals surface area contributed by atoms with Gasteiger partial charge in [0, 0.05) is 33.5 Å². The predicted octanol–water partition coefficient (Wildman–Crippen LogP) is 5.11. The van der Waals surface area contributed by atoms with Crippen LogP contribution in [0.4, 0.5) is 11.4 Å². The largest absolute Gasteiger partial charge is 0.325 e. The van der Waals surface area contributed by atoms with Crippen LogP contribution in [0.2, 0.25) is 0 Å². The lowest BCUT2D eigenvalue weighted by atomic mass is 10.0. The van der Waals surface area contributed by atoms with Crippen molar-refractivity contribution in [3.05, 3.63) is 65.7 Å². The Bertz CT molecular complexity index is 1060. The van der Waals surface area contributed by atoms with Crippen LogP contribution in [0.15, 0.2) is 59.5 Å². The second kappa shape index (κ2) is 7.68. The number of nitrogens with one attached hydrogen (secondary N) is 1. The van der Waals surface area contributed by atoms with Gasteiger partial charge in [0.25, 0.3) is 5.91 Å². The lowest BCUT2D eigenvalue weighted by Crippen LogP contribution is -2.25. The standard InChI is InChI=1S/C23H22N2O2S/c1-3-25-20-13-12-19(17-6-5-7-18(22(17)20)23(25)27)24-21(26)14-15-8-10-16(11-9-15)28-4-2/h5-13H,3-4,14H2,1-2H3,(H,24,26). The molecule has 3 aromatic carbocycles. The van der Waals surface area contributed by atoms with Crippen molar-refractivity contribution in [2.45, 2.75) is 25.2 Å². The summed E-state index contributed by atoms with van der Waals surface area (Å²) in [6.45, 7) is 4.72. The van der Waals surface area contributed by atoms with Crippen LogP contribution in [-0.4, -0.2) is 24.1 Å². The minimum absolute atomic E-state index is 0.0246. The van der Waals surface area contributed by atoms with E-state index in [2.05, 4.69) is 24.4 Å². The van der Waals surface area contributed by atoms with Crippen molar-refractivity contribution in [1.29, 1.82) is 0 Å². The van der Waals surface area contributed by atoms with Gasteiger partial charge < -0.3 is 10.2 Å². The molecule has 0 bridgehead atoms. The topological polar surface area (TPSA) is 49.4 Å². The number of carbonyl (C=O) groups is 2. The lowest BCUT2D eigenvalue weighted by Gasteiger charge is -2.15. The molecular weight excluding hydrogens is 368 g/mol. The van der Waals surface area contributed by atoms with Gasteiger partial charge in [-0.3, -0.25) is 9.59 Å². The maximum atomic E-state index is 12.6. The molecule has 0 saturated carbocycles. The summed E-state index contributed by atoms with van der Waals surface area (Å²) < 4.78 is 0. The van der Waals surface area contributed by atoms with Crippen molar-refractivity contribution in [1.82, 2.24) is 0 Å². The van der Waals surface area contributed by atoms with E-state index in [1.807, 2.05) is 49.4 Å². The fraction of sp³-hybridized carbons (Fsp3) is 0.217. The number of nitrogens with zero attached hydrogens (tertiary/aromatic N) is 1. The van der Waals surface area contributed by atoms with Crippen molar-refractivity contribution in [3.8, 4) is 0 Å². The first-order valence-corrected chi connectivity index (χ1v) is 10.5. The van der Waals surface area contributed by atoms with Crippen LogP contribution in [0.25, 0.3) is 10.8 Å². The number of carbonyl (C=O) groups excluding carboxylic acids is 2. The smallest absolute Gasteiger partial charge is 0.258 e. The summed E-state index contributed by atoms with van der Waals surface area (Å²) in [5, 5.41) is 4.86. The van der Waals surface area contributed by atoms with E-state index < -0.39 is 0 Å². The van der Waals surface area contributed by atoms with E-state index in [4.69, 9.17) is 0 Å². The molecule has 4 rings (SSSR count). The summed E-state index contributed by atoms with van der Waals surface area (Å²) >= 11 is 1.79. The Morgan fingerprint density at radius 1 is 1.04 bits per heavy atom. The number of hydrogen-bond acceptors (Lipinski definition) is 3. The minimum Gasteiger partial charge on any atom is -0.325 e. The van der Waals surface area contributed by atoms with Crippen molar-refractivity contribution in [3.63, 3.8) is 0 Å². The number of anilines is 2. The SMILES string of the molecule is CCSc1ccc(CC(=O)Nc2ccc3c4c(cccc24)C(=O)N3CC)cc1. The van der Waals surface area contributed by atoms with Gasteiger partial charge in [-0.2, -0.15) is 0 Å². The first-order valence-electron chi connectivity index (χ1n) is 9.51. The van der Waals surface area contributed by atoms with E-state index in [1.54, 1.807) is 16.7 Å². The zero-order valence-electron chi connectivity index (χ0n) is 16.0. The predicted molar refractivity (Wildman–Crippen MR) is 116 cm³/mol. The molecule has 1 N–H and O–H groups in total. The second-order valence-electron chi connectivity index (χ2n) is 6.71. The Morgan fingerprint density at radius 3 is 2.54 bits per heavy atom. The van der Waals surface area contributed by atoms with Crippen LogP contribution in [-0.2, 0) is 11.2 Å². The molecule has 3 aromatic rings. The molecule has 5 heteroatoms. The highest BCUT2D eigenvalue weighted by atomic mass is 32.2. The number of amides is 2. The van der Waals surface area contributed by atoms with Crippen molar-refractivity contribution in [2.24, 2.45) is 0 Å². The highest BCUT2D eigenvalue weighted by Crippen LogP contribution is 2.40. The first-order chi connectivity index (χ1) is 13.6. The fourth-order valence-electron chi connectivity index (χ4n) is 3.72. The average molecular weight is 391 g/mol. The Morgan fingerprint density at radius 2 is 1.82 bits per heavy atom. The number of benzene rings is 3. The van der Waals surface area contributed by atoms with Crippen LogP contribution in [0, 0.1) is 0 Å². The molecule has 1 aliphatic rings. The molecule has 2 amide bonds. The van der Waals surface area contributed by atoms with Crippen molar-refractivity contribution >= 4 is 45.7 Å². The van der Waals surface area contributed by atoms with Crippen LogP contribution in [0.3, 0.4) is 0 Å². The molecule has 1 aliphatic heterocycles. The van der Waals surface area contributed by atoms with Crippen LogP contribution < -0.4 is 10.2 Å². The number of thioether (sulfide) groups is 1. The van der Waals surface area contributed by atoms with Crippen molar-refractivity contribution < 1.29 is 9.59 Å². The normalized spacial score (nSPS) is 12.6. The summed E-state index contributed by atoms with van der Waals surface area (Å²) in [4.78, 5) is 28.2. The summed E-state index contributed by atoms with van der Waals surface area (Å²) in [6.07, 6.45) is 0.319. The van der Waals surface area contributed by atoms with E-state index in [1.165, 1.54) is 4.90 Å². The van der Waals surface area contributed by atoms with Crippen LogP contribution in [0.1, 0.15) is 29.8 Å². The molecule has 142 valence electrons. The third-order valence-electron chi connectivity index (χ3n) is 4.97. The quantitative estimate of drug-likeness (QED) is 0.595. The highest BCUT2D eigenvalue weighted by Gasteiger charge is 2.29. The highest BCUT2D eigenvalue weighted by molar-refractivity contribution is 7.99. The maximum Gasteiger partial charge on any atom is 0.258 e. The third-order valence-corrected chi connectivity index (χ3v) is 5.87. The number of hydrogen-bond donors (Lipinski definition) is 1. The van der Waals surface area contributed by atoms with Gasteiger partial charge in [0.2, 0.25) is 5.91 Å². The minimum atomic E-state index is -0.0618. The van der Waals surface area contributed by atoms with E-state index >= 15 is 0 Å². The maximum absolute atomic E-state index is 12.6. The second-order valence-corrected chi connectivity index (χ2v) is 8.05. The van der Waals surface area contributed by atoms with Gasteiger partial charge in [-0.1, -0.05) is 31.2 Å². The number of rotatable bonds is 6. The molecule has 1 heterocycles. The van der Waals surface area contributed by atoms with Gasteiger partial charge in [0.05, 0.1) is 12.1 Å². The Balaban J connectivity index is 1.58. The van der Waals surface area contributed by atoms with Gasteiger partial charge in [0.15, 0.2) is 0 Å². The summed E-state index contributed by atoms with van der Waals surface area (Å²) in [6, 6.07) is 17.6. The Kier molecular flexibility index (Phi) is 5.09. The average Bonchev–Trinajstić information content (AvgIpc) is 2.98. The lowest BCUT2D eigenvalue weighted by molar-refractivity contribution is -0.115. The summed E-state index contributed by atoms with van der Waals surface area (Å²) in [5.41, 5.74) is 3.35. The summed E-state index contributed by atoms with van der Waals surface area (Å²) in [7, 11) is 0. The molecule has 0 aromatic heterocycles. The molecule has 4 nitrogen and oxygen atoms in total. The van der Waals surface area contributed by atoms with E-state index in [9.17, 15) is 9.59 Å². The molecule has 0 aliphatic carbocycles. The molecule has 0 atom stereocenters. The van der Waals surface area contributed by atoms with Gasteiger partial charge >= 0.3 is 0 Å². The zero-order chi connectivity index (χ0) is 19.7. The first kappa shape index (κ1) is 18.6. The Labute approximate surface area is 168 Å². The van der Waals surface area contributed by atoms with Crippen molar-refractivity contribution in [2.75, 3.05) is 22.5 Å². The van der Waals surface area contributed by atoms with Crippen LogP contribution >= 0.6 is 11.8 Å².